The van der Waals surface area contributed by atoms with Crippen LogP contribution < -0.4 is 10.6 Å². The normalized spacial score (nSPS) is 11.9. The number of nitrogens with zero attached hydrogens (tertiary/aromatic N) is 3. The molecule has 0 aliphatic rings. The molecule has 0 saturated carbocycles. The van der Waals surface area contributed by atoms with Crippen molar-refractivity contribution in [2.24, 2.45) is 5.92 Å². The monoisotopic (exact) mass is 459 g/mol. The zero-order valence-corrected chi connectivity index (χ0v) is 18.7. The van der Waals surface area contributed by atoms with Gasteiger partial charge in [-0.05, 0) is 48.2 Å². The third kappa shape index (κ3) is 6.29. The van der Waals surface area contributed by atoms with Gasteiger partial charge in [-0.1, -0.05) is 43.1 Å². The summed E-state index contributed by atoms with van der Waals surface area (Å²) in [4.78, 5) is 29.8. The zero-order chi connectivity index (χ0) is 22.4. The molecule has 3 rings (SSSR count). The van der Waals surface area contributed by atoms with E-state index in [1.54, 1.807) is 29.3 Å². The predicted octanol–water partition coefficient (Wildman–Crippen LogP) is 4.04. The Labute approximate surface area is 190 Å². The molecule has 0 aliphatic carbocycles. The third-order valence-corrected chi connectivity index (χ3v) is 5.07. The Morgan fingerprint density at radius 3 is 2.58 bits per heavy atom. The van der Waals surface area contributed by atoms with Gasteiger partial charge >= 0.3 is 0 Å². The van der Waals surface area contributed by atoms with Crippen LogP contribution in [0.4, 0.5) is 0 Å². The Morgan fingerprint density at radius 2 is 1.97 bits per heavy atom. The Kier molecular flexibility index (Phi) is 7.65. The van der Waals surface area contributed by atoms with Crippen LogP contribution in [0.15, 0.2) is 55.0 Å². The standard InChI is InChI=1S/C22H23Cl2N5O2/c1-14(2)10-19(28-21(30)17-6-5-16(23)11-18(17)24)22(31)26-13-15-4-7-20(25-12-15)29-9-3-8-27-29/h3-9,11-12,14,19H,10,13H2,1-2H3,(H,26,31)(H,28,30). The van der Waals surface area contributed by atoms with E-state index in [4.69, 9.17) is 23.2 Å². The van der Waals surface area contributed by atoms with E-state index in [0.29, 0.717) is 17.3 Å². The number of amides is 2. The number of aromatic nitrogens is 3. The average Bonchev–Trinajstić information content (AvgIpc) is 3.26. The van der Waals surface area contributed by atoms with Crippen molar-refractivity contribution in [3.63, 3.8) is 0 Å². The molecule has 31 heavy (non-hydrogen) atoms. The first-order valence-corrected chi connectivity index (χ1v) is 10.6. The van der Waals surface area contributed by atoms with Crippen LogP contribution in [0.5, 0.6) is 0 Å². The summed E-state index contributed by atoms with van der Waals surface area (Å²) in [5.41, 5.74) is 1.10. The van der Waals surface area contributed by atoms with Crippen molar-refractivity contribution in [2.45, 2.75) is 32.9 Å². The Morgan fingerprint density at radius 1 is 1.16 bits per heavy atom. The quantitative estimate of drug-likeness (QED) is 0.531. The number of carbonyl (C=O) groups is 2. The number of hydrogen-bond donors (Lipinski definition) is 2. The lowest BCUT2D eigenvalue weighted by atomic mass is 10.0. The first-order chi connectivity index (χ1) is 14.8. The van der Waals surface area contributed by atoms with E-state index < -0.39 is 11.9 Å². The smallest absolute Gasteiger partial charge is 0.253 e. The molecule has 1 aromatic carbocycles. The first-order valence-electron chi connectivity index (χ1n) is 9.82. The van der Waals surface area contributed by atoms with Gasteiger partial charge in [-0.15, -0.1) is 0 Å². The van der Waals surface area contributed by atoms with E-state index in [-0.39, 0.29) is 29.0 Å². The van der Waals surface area contributed by atoms with Crippen LogP contribution in [0.25, 0.3) is 5.82 Å². The van der Waals surface area contributed by atoms with Gasteiger partial charge in [0, 0.05) is 30.2 Å². The molecule has 0 bridgehead atoms. The lowest BCUT2D eigenvalue weighted by molar-refractivity contribution is -0.123. The molecular weight excluding hydrogens is 437 g/mol. The highest BCUT2D eigenvalue weighted by atomic mass is 35.5. The molecule has 2 amide bonds. The van der Waals surface area contributed by atoms with Crippen molar-refractivity contribution >= 4 is 35.0 Å². The van der Waals surface area contributed by atoms with Gasteiger partial charge < -0.3 is 10.6 Å². The summed E-state index contributed by atoms with van der Waals surface area (Å²) >= 11 is 12.0. The van der Waals surface area contributed by atoms with Crippen LogP contribution in [-0.4, -0.2) is 32.6 Å². The molecule has 0 radical (unpaired) electrons. The Bertz CT molecular complexity index is 1040. The molecule has 7 nitrogen and oxygen atoms in total. The van der Waals surface area contributed by atoms with E-state index in [0.717, 1.165) is 5.56 Å². The minimum absolute atomic E-state index is 0.201. The van der Waals surface area contributed by atoms with Crippen LogP contribution in [0.3, 0.4) is 0 Å². The van der Waals surface area contributed by atoms with Gasteiger partial charge in [-0.25, -0.2) is 9.67 Å². The second-order valence-corrected chi connectivity index (χ2v) is 8.32. The zero-order valence-electron chi connectivity index (χ0n) is 17.2. The summed E-state index contributed by atoms with van der Waals surface area (Å²) in [5, 5.41) is 10.5. The van der Waals surface area contributed by atoms with E-state index in [2.05, 4.69) is 20.7 Å². The van der Waals surface area contributed by atoms with E-state index in [1.807, 2.05) is 32.0 Å². The van der Waals surface area contributed by atoms with Crippen molar-refractivity contribution in [3.8, 4) is 5.82 Å². The van der Waals surface area contributed by atoms with Crippen molar-refractivity contribution in [3.05, 3.63) is 76.2 Å². The second kappa shape index (κ2) is 10.4. The molecule has 0 saturated heterocycles. The number of benzene rings is 1. The molecule has 0 fully saturated rings. The summed E-state index contributed by atoms with van der Waals surface area (Å²) < 4.78 is 1.65. The van der Waals surface area contributed by atoms with Gasteiger partial charge in [0.25, 0.3) is 5.91 Å². The summed E-state index contributed by atoms with van der Waals surface area (Å²) in [5.74, 6) is 0.188. The first kappa shape index (κ1) is 22.8. The van der Waals surface area contributed by atoms with Crippen LogP contribution in [0.2, 0.25) is 10.0 Å². The Hall–Kier alpha value is -2.90. The van der Waals surface area contributed by atoms with Crippen molar-refractivity contribution in [1.29, 1.82) is 0 Å². The van der Waals surface area contributed by atoms with Gasteiger partial charge in [-0.2, -0.15) is 5.10 Å². The van der Waals surface area contributed by atoms with Crippen molar-refractivity contribution < 1.29 is 9.59 Å². The molecule has 2 N–H and O–H groups in total. The number of nitrogens with one attached hydrogen (secondary N) is 2. The molecule has 162 valence electrons. The predicted molar refractivity (Wildman–Crippen MR) is 120 cm³/mol. The second-order valence-electron chi connectivity index (χ2n) is 7.47. The molecule has 2 heterocycles. The van der Waals surface area contributed by atoms with E-state index in [9.17, 15) is 9.59 Å². The fourth-order valence-corrected chi connectivity index (χ4v) is 3.48. The van der Waals surface area contributed by atoms with E-state index >= 15 is 0 Å². The number of rotatable bonds is 8. The maximum atomic E-state index is 12.8. The van der Waals surface area contributed by atoms with Crippen LogP contribution >= 0.6 is 23.2 Å². The molecule has 3 aromatic rings. The van der Waals surface area contributed by atoms with Crippen molar-refractivity contribution in [1.82, 2.24) is 25.4 Å². The lowest BCUT2D eigenvalue weighted by Gasteiger charge is -2.20. The molecule has 9 heteroatoms. The van der Waals surface area contributed by atoms with Crippen LogP contribution in [-0.2, 0) is 11.3 Å². The number of carbonyl (C=O) groups excluding carboxylic acids is 2. The van der Waals surface area contributed by atoms with Gasteiger partial charge in [0.2, 0.25) is 5.91 Å². The van der Waals surface area contributed by atoms with Crippen molar-refractivity contribution in [2.75, 3.05) is 0 Å². The third-order valence-electron chi connectivity index (χ3n) is 4.52. The van der Waals surface area contributed by atoms with Crippen LogP contribution in [0, 0.1) is 5.92 Å². The fraction of sp³-hybridized carbons (Fsp3) is 0.273. The average molecular weight is 460 g/mol. The minimum Gasteiger partial charge on any atom is -0.350 e. The summed E-state index contributed by atoms with van der Waals surface area (Å²) in [6, 6.07) is 9.43. The molecule has 2 aromatic heterocycles. The highest BCUT2D eigenvalue weighted by Gasteiger charge is 2.23. The largest absolute Gasteiger partial charge is 0.350 e. The van der Waals surface area contributed by atoms with E-state index in [1.165, 1.54) is 12.1 Å². The number of hydrogen-bond acceptors (Lipinski definition) is 4. The van der Waals surface area contributed by atoms with Gasteiger partial charge in [-0.3, -0.25) is 9.59 Å². The molecule has 1 atom stereocenters. The molecule has 0 spiro atoms. The Balaban J connectivity index is 1.63. The summed E-state index contributed by atoms with van der Waals surface area (Å²) in [7, 11) is 0. The summed E-state index contributed by atoms with van der Waals surface area (Å²) in [6.45, 7) is 4.26. The number of halogens is 2. The maximum absolute atomic E-state index is 12.8. The topological polar surface area (TPSA) is 88.9 Å². The lowest BCUT2D eigenvalue weighted by Crippen LogP contribution is -2.47. The SMILES string of the molecule is CC(C)CC(NC(=O)c1ccc(Cl)cc1Cl)C(=O)NCc1ccc(-n2cccn2)nc1. The number of pyridine rings is 1. The highest BCUT2D eigenvalue weighted by Crippen LogP contribution is 2.21. The summed E-state index contributed by atoms with van der Waals surface area (Å²) in [6.07, 6.45) is 5.65. The highest BCUT2D eigenvalue weighted by molar-refractivity contribution is 6.36. The minimum atomic E-state index is -0.699. The molecular formula is C22H23Cl2N5O2. The van der Waals surface area contributed by atoms with Gasteiger partial charge in [0.1, 0.15) is 6.04 Å². The molecule has 1 unspecified atom stereocenters. The van der Waals surface area contributed by atoms with Crippen LogP contribution in [0.1, 0.15) is 36.2 Å². The molecule has 0 aliphatic heterocycles. The van der Waals surface area contributed by atoms with Gasteiger partial charge in [0.15, 0.2) is 5.82 Å². The van der Waals surface area contributed by atoms with Gasteiger partial charge in [0.05, 0.1) is 10.6 Å². The fourth-order valence-electron chi connectivity index (χ4n) is 2.99. The maximum Gasteiger partial charge on any atom is 0.253 e.